The zero-order valence-electron chi connectivity index (χ0n) is 21.2. The van der Waals surface area contributed by atoms with Crippen molar-refractivity contribution in [2.24, 2.45) is 11.8 Å². The van der Waals surface area contributed by atoms with Crippen molar-refractivity contribution in [1.82, 2.24) is 24.6 Å². The van der Waals surface area contributed by atoms with Gasteiger partial charge in [0.2, 0.25) is 0 Å². The summed E-state index contributed by atoms with van der Waals surface area (Å²) in [4.78, 5) is 11.0. The number of piperidine rings is 1. The Morgan fingerprint density at radius 2 is 2.00 bits per heavy atom. The summed E-state index contributed by atoms with van der Waals surface area (Å²) in [6, 6.07) is 10.1. The normalized spacial score (nSPS) is 27.6. The van der Waals surface area contributed by atoms with Crippen LogP contribution in [0.3, 0.4) is 0 Å². The maximum atomic E-state index is 10.7. The predicted molar refractivity (Wildman–Crippen MR) is 143 cm³/mol. The SMILES string of the molecule is CCC#CC(O)N1CC2CC1C(n1nc(C3=CC(C)C(Oc4ccccc4)C=C3)c3c(N)ncnc31)C2. The van der Waals surface area contributed by atoms with E-state index in [9.17, 15) is 5.11 Å². The maximum absolute atomic E-state index is 10.7. The molecule has 190 valence electrons. The molecule has 2 aliphatic carbocycles. The number of aliphatic hydroxyl groups is 1. The fourth-order valence-electron chi connectivity index (χ4n) is 6.05. The summed E-state index contributed by atoms with van der Waals surface area (Å²) in [5.41, 5.74) is 8.90. The molecule has 6 unspecified atom stereocenters. The second-order valence-corrected chi connectivity index (χ2v) is 10.2. The van der Waals surface area contributed by atoms with Gasteiger partial charge in [0.15, 0.2) is 11.9 Å². The van der Waals surface area contributed by atoms with Crippen molar-refractivity contribution < 1.29 is 9.84 Å². The minimum absolute atomic E-state index is 0.0714. The molecule has 1 aliphatic heterocycles. The highest BCUT2D eigenvalue weighted by Gasteiger charge is 2.48. The van der Waals surface area contributed by atoms with E-state index >= 15 is 0 Å². The molecule has 3 aliphatic rings. The monoisotopic (exact) mass is 496 g/mol. The minimum atomic E-state index is -0.759. The van der Waals surface area contributed by atoms with E-state index in [1.807, 2.05) is 41.9 Å². The summed E-state index contributed by atoms with van der Waals surface area (Å²) < 4.78 is 8.22. The van der Waals surface area contributed by atoms with E-state index in [-0.39, 0.29) is 24.1 Å². The van der Waals surface area contributed by atoms with Crippen molar-refractivity contribution in [2.75, 3.05) is 12.3 Å². The molecule has 1 saturated carbocycles. The highest BCUT2D eigenvalue weighted by Crippen LogP contribution is 2.46. The number of aliphatic hydroxyl groups excluding tert-OH is 1. The first-order valence-corrected chi connectivity index (χ1v) is 13.1. The lowest BCUT2D eigenvalue weighted by molar-refractivity contribution is 0.00820. The van der Waals surface area contributed by atoms with Crippen molar-refractivity contribution in [3.63, 3.8) is 0 Å². The van der Waals surface area contributed by atoms with Gasteiger partial charge >= 0.3 is 0 Å². The lowest BCUT2D eigenvalue weighted by atomic mass is 9.93. The van der Waals surface area contributed by atoms with Crippen LogP contribution in [0.2, 0.25) is 0 Å². The van der Waals surface area contributed by atoms with Gasteiger partial charge in [-0.3, -0.25) is 4.90 Å². The first-order valence-electron chi connectivity index (χ1n) is 13.1. The fraction of sp³-hybridized carbons (Fsp3) is 0.414. The van der Waals surface area contributed by atoms with Crippen molar-refractivity contribution in [3.8, 4) is 17.6 Å². The predicted octanol–water partition coefficient (Wildman–Crippen LogP) is 3.81. The van der Waals surface area contributed by atoms with Gasteiger partial charge in [-0.25, -0.2) is 14.6 Å². The molecule has 0 spiro atoms. The first-order chi connectivity index (χ1) is 18.0. The Morgan fingerprint density at radius 3 is 2.76 bits per heavy atom. The third kappa shape index (κ3) is 4.28. The number of nitrogens with zero attached hydrogens (tertiary/aromatic N) is 5. The van der Waals surface area contributed by atoms with E-state index in [4.69, 9.17) is 15.6 Å². The summed E-state index contributed by atoms with van der Waals surface area (Å²) in [6.45, 7) is 4.99. The number of ether oxygens (including phenoxy) is 1. The Labute approximate surface area is 216 Å². The van der Waals surface area contributed by atoms with E-state index < -0.39 is 6.23 Å². The number of hydrogen-bond acceptors (Lipinski definition) is 7. The van der Waals surface area contributed by atoms with Gasteiger partial charge in [0.25, 0.3) is 0 Å². The Kier molecular flexibility index (Phi) is 6.19. The number of likely N-dealkylation sites (tertiary alicyclic amines) is 1. The third-order valence-corrected chi connectivity index (χ3v) is 7.76. The number of aromatic nitrogens is 4. The van der Waals surface area contributed by atoms with Gasteiger partial charge in [-0.1, -0.05) is 56.0 Å². The van der Waals surface area contributed by atoms with Gasteiger partial charge in [-0.2, -0.15) is 5.10 Å². The number of para-hydroxylation sites is 1. The Balaban J connectivity index is 1.33. The number of benzene rings is 1. The lowest BCUT2D eigenvalue weighted by Gasteiger charge is -2.34. The fourth-order valence-corrected chi connectivity index (χ4v) is 6.05. The van der Waals surface area contributed by atoms with Gasteiger partial charge in [0.1, 0.15) is 29.7 Å². The number of nitrogen functional groups attached to an aromatic ring is 1. The van der Waals surface area contributed by atoms with E-state index in [0.717, 1.165) is 53.9 Å². The highest BCUT2D eigenvalue weighted by atomic mass is 16.5. The van der Waals surface area contributed by atoms with Gasteiger partial charge in [0, 0.05) is 24.9 Å². The molecule has 3 N–H and O–H groups in total. The van der Waals surface area contributed by atoms with Gasteiger partial charge in [-0.05, 0) is 42.5 Å². The molecule has 2 bridgehead atoms. The number of anilines is 1. The van der Waals surface area contributed by atoms with Crippen LogP contribution in [0.5, 0.6) is 5.75 Å². The summed E-state index contributed by atoms with van der Waals surface area (Å²) >= 11 is 0. The van der Waals surface area contributed by atoms with Gasteiger partial charge in [0.05, 0.1) is 11.4 Å². The second kappa shape index (κ2) is 9.66. The molecule has 1 saturated heterocycles. The van der Waals surface area contributed by atoms with Gasteiger partial charge in [-0.15, -0.1) is 0 Å². The topological polar surface area (TPSA) is 102 Å². The quantitative estimate of drug-likeness (QED) is 0.518. The molecule has 0 radical (unpaired) electrons. The van der Waals surface area contributed by atoms with Crippen LogP contribution in [0.15, 0.2) is 54.9 Å². The molecule has 2 fully saturated rings. The molecule has 3 aromatic rings. The number of nitrogens with two attached hydrogens (primary N) is 1. The molecule has 1 aromatic carbocycles. The van der Waals surface area contributed by atoms with Crippen LogP contribution in [-0.4, -0.2) is 54.7 Å². The van der Waals surface area contributed by atoms with E-state index in [0.29, 0.717) is 11.7 Å². The zero-order valence-corrected chi connectivity index (χ0v) is 21.2. The van der Waals surface area contributed by atoms with Crippen LogP contribution in [0.25, 0.3) is 16.6 Å². The van der Waals surface area contributed by atoms with Crippen LogP contribution in [0, 0.1) is 23.7 Å². The minimum Gasteiger partial charge on any atom is -0.486 e. The number of hydrogen-bond donors (Lipinski definition) is 2. The van der Waals surface area contributed by atoms with E-state index in [2.05, 4.69) is 51.9 Å². The highest BCUT2D eigenvalue weighted by molar-refractivity contribution is 5.97. The average molecular weight is 497 g/mol. The third-order valence-electron chi connectivity index (χ3n) is 7.76. The smallest absolute Gasteiger partial charge is 0.171 e. The molecule has 3 heterocycles. The lowest BCUT2D eigenvalue weighted by Crippen LogP contribution is -2.45. The Bertz CT molecular complexity index is 1420. The summed E-state index contributed by atoms with van der Waals surface area (Å²) in [5, 5.41) is 16.6. The van der Waals surface area contributed by atoms with E-state index in [1.54, 1.807) is 0 Å². The van der Waals surface area contributed by atoms with Crippen LogP contribution in [0.1, 0.15) is 44.8 Å². The summed E-state index contributed by atoms with van der Waals surface area (Å²) in [5.74, 6) is 7.91. The maximum Gasteiger partial charge on any atom is 0.171 e. The molecule has 2 aromatic heterocycles. The summed E-state index contributed by atoms with van der Waals surface area (Å²) in [6.07, 6.45) is 9.74. The van der Waals surface area contributed by atoms with Crippen LogP contribution in [0.4, 0.5) is 5.82 Å². The Hall–Kier alpha value is -3.67. The van der Waals surface area contributed by atoms with Crippen molar-refractivity contribution >= 4 is 22.4 Å². The van der Waals surface area contributed by atoms with Crippen LogP contribution in [-0.2, 0) is 0 Å². The molecule has 8 nitrogen and oxygen atoms in total. The number of rotatable bonds is 5. The molecule has 6 atom stereocenters. The zero-order chi connectivity index (χ0) is 25.5. The largest absolute Gasteiger partial charge is 0.486 e. The van der Waals surface area contributed by atoms with Crippen LogP contribution < -0.4 is 10.5 Å². The van der Waals surface area contributed by atoms with Crippen molar-refractivity contribution in [2.45, 2.75) is 57.5 Å². The molecule has 37 heavy (non-hydrogen) atoms. The van der Waals surface area contributed by atoms with Crippen molar-refractivity contribution in [3.05, 3.63) is 60.6 Å². The molecule has 6 rings (SSSR count). The molecule has 0 amide bonds. The van der Waals surface area contributed by atoms with E-state index in [1.165, 1.54) is 6.33 Å². The molecular formula is C29H32N6O2. The van der Waals surface area contributed by atoms with Gasteiger partial charge < -0.3 is 15.6 Å². The Morgan fingerprint density at radius 1 is 1.19 bits per heavy atom. The first kappa shape index (κ1) is 23.7. The molecule has 8 heteroatoms. The van der Waals surface area contributed by atoms with Crippen molar-refractivity contribution in [1.29, 1.82) is 0 Å². The molecular weight excluding hydrogens is 464 g/mol. The summed E-state index contributed by atoms with van der Waals surface area (Å²) in [7, 11) is 0. The standard InChI is InChI=1S/C29H32N6O2/c1-3-4-10-25(36)34-16-19-14-22(34)23(15-19)35-29-26(28(30)31-17-32-29)27(33-35)20-11-12-24(18(2)13-20)37-21-8-6-5-7-9-21/h5-9,11-13,17-19,22-25,36H,3,14-16H2,1-2H3,(H2,30,31,32). The number of fused-ring (bicyclic) bond motifs is 3. The van der Waals surface area contributed by atoms with Crippen LogP contribution >= 0.6 is 0 Å². The second-order valence-electron chi connectivity index (χ2n) is 10.2. The average Bonchev–Trinajstić information content (AvgIpc) is 3.62. The number of allylic oxidation sites excluding steroid dienone is 2.